The van der Waals surface area contributed by atoms with Crippen LogP contribution in [0.1, 0.15) is 29.4 Å². The summed E-state index contributed by atoms with van der Waals surface area (Å²) in [5.74, 6) is -0.191. The van der Waals surface area contributed by atoms with Gasteiger partial charge in [-0.15, -0.1) is 0 Å². The summed E-state index contributed by atoms with van der Waals surface area (Å²) in [6.07, 6.45) is 0.851. The van der Waals surface area contributed by atoms with Crippen LogP contribution in [0.5, 0.6) is 0 Å². The SMILES string of the molecule is CCCNC(=O)c1nn(Cc2ccc(S(=O)(=O)N3CCOCC3)cc2)c2ccccc12. The van der Waals surface area contributed by atoms with Gasteiger partial charge < -0.3 is 10.1 Å². The van der Waals surface area contributed by atoms with Crippen molar-refractivity contribution in [3.8, 4) is 0 Å². The van der Waals surface area contributed by atoms with Crippen molar-refractivity contribution in [3.05, 3.63) is 59.8 Å². The van der Waals surface area contributed by atoms with Crippen LogP contribution in [0.4, 0.5) is 0 Å². The molecular weight excluding hydrogens is 416 g/mol. The van der Waals surface area contributed by atoms with E-state index in [-0.39, 0.29) is 10.8 Å². The van der Waals surface area contributed by atoms with Gasteiger partial charge in [0.1, 0.15) is 0 Å². The highest BCUT2D eigenvalue weighted by atomic mass is 32.2. The van der Waals surface area contributed by atoms with Crippen LogP contribution in [0.25, 0.3) is 10.9 Å². The lowest BCUT2D eigenvalue weighted by atomic mass is 10.2. The lowest BCUT2D eigenvalue weighted by Crippen LogP contribution is -2.40. The second-order valence-corrected chi connectivity index (χ2v) is 9.38. The van der Waals surface area contributed by atoms with Crippen LogP contribution in [-0.2, 0) is 21.3 Å². The maximum absolute atomic E-state index is 12.8. The van der Waals surface area contributed by atoms with E-state index in [9.17, 15) is 13.2 Å². The van der Waals surface area contributed by atoms with Gasteiger partial charge in [-0.25, -0.2) is 8.42 Å². The number of sulfonamides is 1. The number of carbonyl (C=O) groups excluding carboxylic acids is 1. The molecule has 0 radical (unpaired) electrons. The number of amides is 1. The fraction of sp³-hybridized carbons (Fsp3) is 0.364. The Morgan fingerprint density at radius 1 is 1.10 bits per heavy atom. The van der Waals surface area contributed by atoms with Crippen LogP contribution in [-0.4, -0.2) is 61.3 Å². The number of hydrogen-bond donors (Lipinski definition) is 1. The van der Waals surface area contributed by atoms with Crippen molar-refractivity contribution >= 4 is 26.8 Å². The van der Waals surface area contributed by atoms with Crippen LogP contribution >= 0.6 is 0 Å². The molecule has 3 aromatic rings. The largest absolute Gasteiger partial charge is 0.379 e. The standard InChI is InChI=1S/C22H26N4O4S/c1-2-11-23-22(27)21-19-5-3-4-6-20(19)26(24-21)16-17-7-9-18(10-8-17)31(28,29)25-12-14-30-15-13-25/h3-10H,2,11-16H2,1H3,(H,23,27). The van der Waals surface area contributed by atoms with E-state index in [1.54, 1.807) is 28.9 Å². The van der Waals surface area contributed by atoms with Crippen LogP contribution in [0.15, 0.2) is 53.4 Å². The Morgan fingerprint density at radius 3 is 2.52 bits per heavy atom. The minimum atomic E-state index is -3.52. The first-order valence-electron chi connectivity index (χ1n) is 10.4. The summed E-state index contributed by atoms with van der Waals surface area (Å²) in [7, 11) is -3.52. The molecule has 0 bridgehead atoms. The van der Waals surface area contributed by atoms with E-state index >= 15 is 0 Å². The van der Waals surface area contributed by atoms with Gasteiger partial charge in [0.05, 0.1) is 30.2 Å². The fourth-order valence-corrected chi connectivity index (χ4v) is 5.02. The number of fused-ring (bicyclic) bond motifs is 1. The molecule has 1 aliphatic heterocycles. The van der Waals surface area contributed by atoms with Gasteiger partial charge in [0.2, 0.25) is 10.0 Å². The van der Waals surface area contributed by atoms with E-state index in [2.05, 4.69) is 10.4 Å². The topological polar surface area (TPSA) is 93.5 Å². The molecule has 2 aromatic carbocycles. The number of para-hydroxylation sites is 1. The Labute approximate surface area is 181 Å². The van der Waals surface area contributed by atoms with Crippen molar-refractivity contribution in [2.24, 2.45) is 0 Å². The third kappa shape index (κ3) is 4.48. The van der Waals surface area contributed by atoms with E-state index in [1.807, 2.05) is 31.2 Å². The van der Waals surface area contributed by atoms with E-state index in [4.69, 9.17) is 4.74 Å². The summed E-state index contributed by atoms with van der Waals surface area (Å²) >= 11 is 0. The Hall–Kier alpha value is -2.75. The summed E-state index contributed by atoms with van der Waals surface area (Å²) in [5, 5.41) is 8.22. The molecule has 164 valence electrons. The second kappa shape index (κ2) is 9.17. The Morgan fingerprint density at radius 2 is 1.81 bits per heavy atom. The molecular formula is C22H26N4O4S. The Kier molecular flexibility index (Phi) is 6.35. The molecule has 0 spiro atoms. The molecule has 1 saturated heterocycles. The highest BCUT2D eigenvalue weighted by Crippen LogP contribution is 2.21. The maximum Gasteiger partial charge on any atom is 0.272 e. The zero-order valence-corrected chi connectivity index (χ0v) is 18.3. The third-order valence-electron chi connectivity index (χ3n) is 5.27. The monoisotopic (exact) mass is 442 g/mol. The lowest BCUT2D eigenvalue weighted by molar-refractivity contribution is 0.0730. The average molecular weight is 443 g/mol. The molecule has 0 aliphatic carbocycles. The first-order chi connectivity index (χ1) is 15.0. The number of nitrogens with zero attached hydrogens (tertiary/aromatic N) is 3. The quantitative estimate of drug-likeness (QED) is 0.606. The molecule has 0 unspecified atom stereocenters. The van der Waals surface area contributed by atoms with Crippen molar-refractivity contribution in [2.45, 2.75) is 24.8 Å². The number of aromatic nitrogens is 2. The number of morpholine rings is 1. The van der Waals surface area contributed by atoms with Gasteiger partial charge in [0.25, 0.3) is 5.91 Å². The van der Waals surface area contributed by atoms with Crippen molar-refractivity contribution in [1.82, 2.24) is 19.4 Å². The molecule has 1 fully saturated rings. The van der Waals surface area contributed by atoms with Crippen molar-refractivity contribution < 1.29 is 17.9 Å². The molecule has 1 aromatic heterocycles. The molecule has 9 heteroatoms. The van der Waals surface area contributed by atoms with Crippen LogP contribution in [0.3, 0.4) is 0 Å². The second-order valence-electron chi connectivity index (χ2n) is 7.44. The molecule has 1 aliphatic rings. The van der Waals surface area contributed by atoms with Gasteiger partial charge in [-0.3, -0.25) is 9.48 Å². The highest BCUT2D eigenvalue weighted by Gasteiger charge is 2.26. The molecule has 31 heavy (non-hydrogen) atoms. The van der Waals surface area contributed by atoms with E-state index in [1.165, 1.54) is 4.31 Å². The third-order valence-corrected chi connectivity index (χ3v) is 7.18. The summed E-state index contributed by atoms with van der Waals surface area (Å²) in [4.78, 5) is 12.8. The van der Waals surface area contributed by atoms with Crippen LogP contribution in [0.2, 0.25) is 0 Å². The van der Waals surface area contributed by atoms with Crippen LogP contribution < -0.4 is 5.32 Å². The van der Waals surface area contributed by atoms with Gasteiger partial charge in [-0.2, -0.15) is 9.40 Å². The van der Waals surface area contributed by atoms with Gasteiger partial charge >= 0.3 is 0 Å². The normalized spacial score (nSPS) is 15.3. The van der Waals surface area contributed by atoms with Gasteiger partial charge in [-0.05, 0) is 30.2 Å². The van der Waals surface area contributed by atoms with Crippen LogP contribution in [0, 0.1) is 0 Å². The summed E-state index contributed by atoms with van der Waals surface area (Å²) < 4.78 is 34.1. The zero-order valence-electron chi connectivity index (χ0n) is 17.5. The number of ether oxygens (including phenoxy) is 1. The van der Waals surface area contributed by atoms with Crippen molar-refractivity contribution in [2.75, 3.05) is 32.8 Å². The minimum absolute atomic E-state index is 0.191. The van der Waals surface area contributed by atoms with Crippen molar-refractivity contribution in [1.29, 1.82) is 0 Å². The molecule has 0 saturated carbocycles. The van der Waals surface area contributed by atoms with Gasteiger partial charge in [0.15, 0.2) is 5.69 Å². The van der Waals surface area contributed by atoms with E-state index in [0.29, 0.717) is 45.1 Å². The number of hydrogen-bond acceptors (Lipinski definition) is 5. The minimum Gasteiger partial charge on any atom is -0.379 e. The summed E-state index contributed by atoms with van der Waals surface area (Å²) in [5.41, 5.74) is 2.15. The summed E-state index contributed by atoms with van der Waals surface area (Å²) in [6, 6.07) is 14.4. The van der Waals surface area contributed by atoms with Gasteiger partial charge in [0, 0.05) is 25.0 Å². The molecule has 1 amide bonds. The maximum atomic E-state index is 12.8. The predicted molar refractivity (Wildman–Crippen MR) is 117 cm³/mol. The molecule has 4 rings (SSSR count). The molecule has 1 N–H and O–H groups in total. The molecule has 2 heterocycles. The lowest BCUT2D eigenvalue weighted by Gasteiger charge is -2.26. The molecule has 0 atom stereocenters. The smallest absolute Gasteiger partial charge is 0.272 e. The van der Waals surface area contributed by atoms with Gasteiger partial charge in [-0.1, -0.05) is 37.3 Å². The van der Waals surface area contributed by atoms with E-state index < -0.39 is 10.0 Å². The summed E-state index contributed by atoms with van der Waals surface area (Å²) in [6.45, 7) is 4.59. The predicted octanol–water partition coefficient (Wildman–Crippen LogP) is 2.25. The number of carbonyl (C=O) groups is 1. The first kappa shape index (κ1) is 21.5. The van der Waals surface area contributed by atoms with Crippen molar-refractivity contribution in [3.63, 3.8) is 0 Å². The Balaban J connectivity index is 1.58. The first-order valence-corrected chi connectivity index (χ1v) is 11.9. The average Bonchev–Trinajstić information content (AvgIpc) is 3.17. The molecule has 8 nitrogen and oxygen atoms in total. The van der Waals surface area contributed by atoms with E-state index in [0.717, 1.165) is 22.9 Å². The highest BCUT2D eigenvalue weighted by molar-refractivity contribution is 7.89. The number of nitrogens with one attached hydrogen (secondary N) is 1. The Bertz CT molecular complexity index is 1170. The number of benzene rings is 2. The fourth-order valence-electron chi connectivity index (χ4n) is 3.61. The zero-order chi connectivity index (χ0) is 21.8. The number of rotatable bonds is 7.